The Labute approximate surface area is 131 Å². The Kier molecular flexibility index (Phi) is 2.24. The van der Waals surface area contributed by atoms with E-state index in [1.54, 1.807) is 0 Å². The molecule has 4 aromatic rings. The highest BCUT2D eigenvalue weighted by molar-refractivity contribution is 6.27. The van der Waals surface area contributed by atoms with Crippen molar-refractivity contribution in [2.45, 2.75) is 0 Å². The van der Waals surface area contributed by atoms with Gasteiger partial charge in [-0.2, -0.15) is 0 Å². The Morgan fingerprint density at radius 2 is 1.26 bits per heavy atom. The fourth-order valence-corrected chi connectivity index (χ4v) is 3.84. The van der Waals surface area contributed by atoms with Crippen molar-refractivity contribution in [3.8, 4) is 22.3 Å². The zero-order valence-electron chi connectivity index (χ0n) is 12.1. The monoisotopic (exact) mass is 297 g/mol. The summed E-state index contributed by atoms with van der Waals surface area (Å²) < 4.78 is 0. The van der Waals surface area contributed by atoms with Crippen LogP contribution in [-0.2, 0) is 0 Å². The van der Waals surface area contributed by atoms with Crippen molar-refractivity contribution in [3.63, 3.8) is 0 Å². The number of nitrogens with zero attached hydrogens (tertiary/aromatic N) is 1. The lowest BCUT2D eigenvalue weighted by atomic mass is 9.94. The van der Waals surface area contributed by atoms with Crippen molar-refractivity contribution in [2.75, 3.05) is 0 Å². The van der Waals surface area contributed by atoms with Crippen molar-refractivity contribution in [1.29, 1.82) is 0 Å². The highest BCUT2D eigenvalue weighted by Crippen LogP contribution is 2.53. The number of nitro groups is 1. The van der Waals surface area contributed by atoms with E-state index in [4.69, 9.17) is 0 Å². The van der Waals surface area contributed by atoms with Crippen LogP contribution in [0.2, 0.25) is 0 Å². The molecule has 0 spiro atoms. The van der Waals surface area contributed by atoms with Gasteiger partial charge in [0.15, 0.2) is 0 Å². The lowest BCUT2D eigenvalue weighted by Crippen LogP contribution is -1.94. The lowest BCUT2D eigenvalue weighted by Gasteiger charge is -2.09. The summed E-state index contributed by atoms with van der Waals surface area (Å²) in [6.45, 7) is 0. The zero-order valence-corrected chi connectivity index (χ0v) is 12.1. The first-order valence-corrected chi connectivity index (χ1v) is 7.49. The number of hydrogen-bond donors (Lipinski definition) is 0. The van der Waals surface area contributed by atoms with E-state index >= 15 is 0 Å². The third-order valence-corrected chi connectivity index (χ3v) is 4.69. The van der Waals surface area contributed by atoms with E-state index in [9.17, 15) is 10.1 Å². The second kappa shape index (κ2) is 4.17. The van der Waals surface area contributed by atoms with Gasteiger partial charge in [-0.1, -0.05) is 60.7 Å². The van der Waals surface area contributed by atoms with Gasteiger partial charge in [-0.05, 0) is 33.5 Å². The van der Waals surface area contributed by atoms with Crippen LogP contribution in [0.5, 0.6) is 0 Å². The van der Waals surface area contributed by atoms with Crippen molar-refractivity contribution < 1.29 is 4.92 Å². The molecule has 0 radical (unpaired) electrons. The van der Waals surface area contributed by atoms with Gasteiger partial charge in [0.25, 0.3) is 5.69 Å². The maximum absolute atomic E-state index is 11.9. The zero-order chi connectivity index (χ0) is 15.6. The Hall–Kier alpha value is -3.20. The highest BCUT2D eigenvalue weighted by Gasteiger charge is 2.31. The number of fused-ring (bicyclic) bond motifs is 5. The van der Waals surface area contributed by atoms with Crippen molar-refractivity contribution >= 4 is 27.2 Å². The molecule has 0 amide bonds. The van der Waals surface area contributed by atoms with Gasteiger partial charge in [0, 0.05) is 5.39 Å². The first-order valence-electron chi connectivity index (χ1n) is 7.49. The van der Waals surface area contributed by atoms with Gasteiger partial charge in [0.1, 0.15) is 0 Å². The predicted molar refractivity (Wildman–Crippen MR) is 92.5 cm³/mol. The highest BCUT2D eigenvalue weighted by atomic mass is 16.6. The molecule has 0 N–H and O–H groups in total. The van der Waals surface area contributed by atoms with Crippen LogP contribution in [0, 0.1) is 10.1 Å². The summed E-state index contributed by atoms with van der Waals surface area (Å²) in [6, 6.07) is 21.7. The molecule has 23 heavy (non-hydrogen) atoms. The molecule has 0 saturated carbocycles. The summed E-state index contributed by atoms with van der Waals surface area (Å²) in [4.78, 5) is 11.6. The van der Waals surface area contributed by atoms with E-state index < -0.39 is 0 Å². The minimum Gasteiger partial charge on any atom is -0.258 e. The van der Waals surface area contributed by atoms with E-state index in [1.165, 1.54) is 0 Å². The number of nitro benzene ring substituents is 1. The topological polar surface area (TPSA) is 43.1 Å². The average molecular weight is 297 g/mol. The fraction of sp³-hybridized carbons (Fsp3) is 0. The summed E-state index contributed by atoms with van der Waals surface area (Å²) >= 11 is 0. The van der Waals surface area contributed by atoms with Gasteiger partial charge in [-0.15, -0.1) is 0 Å². The van der Waals surface area contributed by atoms with Crippen LogP contribution in [0.15, 0.2) is 66.7 Å². The van der Waals surface area contributed by atoms with Crippen LogP contribution < -0.4 is 0 Å². The molecule has 5 rings (SSSR count). The smallest absolute Gasteiger partial charge is 0.258 e. The molecule has 0 bridgehead atoms. The van der Waals surface area contributed by atoms with Crippen molar-refractivity contribution in [2.24, 2.45) is 0 Å². The van der Waals surface area contributed by atoms with Crippen LogP contribution in [0.4, 0.5) is 5.69 Å². The van der Waals surface area contributed by atoms with Crippen molar-refractivity contribution in [1.82, 2.24) is 0 Å². The minimum atomic E-state index is -0.240. The molecule has 0 saturated heterocycles. The third-order valence-electron chi connectivity index (χ3n) is 4.69. The molecule has 108 valence electrons. The summed E-state index contributed by atoms with van der Waals surface area (Å²) in [5.74, 6) is 0. The minimum absolute atomic E-state index is 0.213. The second-order valence-electron chi connectivity index (χ2n) is 5.80. The molecule has 0 aliphatic heterocycles. The van der Waals surface area contributed by atoms with Crippen LogP contribution in [0.1, 0.15) is 0 Å². The van der Waals surface area contributed by atoms with Gasteiger partial charge in [-0.25, -0.2) is 0 Å². The van der Waals surface area contributed by atoms with Crippen LogP contribution in [-0.4, -0.2) is 4.92 Å². The fourth-order valence-electron chi connectivity index (χ4n) is 3.84. The lowest BCUT2D eigenvalue weighted by molar-refractivity contribution is -0.382. The molecular weight excluding hydrogens is 286 g/mol. The molecule has 4 aromatic carbocycles. The molecule has 0 atom stereocenters. The van der Waals surface area contributed by atoms with E-state index in [-0.39, 0.29) is 10.6 Å². The quantitative estimate of drug-likeness (QED) is 0.231. The Morgan fingerprint density at radius 1 is 0.652 bits per heavy atom. The van der Waals surface area contributed by atoms with E-state index in [0.29, 0.717) is 5.39 Å². The largest absolute Gasteiger partial charge is 0.285 e. The normalized spacial score (nSPS) is 11.8. The number of hydrogen-bond acceptors (Lipinski definition) is 2. The van der Waals surface area contributed by atoms with E-state index in [1.807, 2.05) is 54.6 Å². The Bertz CT molecular complexity index is 1150. The molecule has 1 aliphatic rings. The number of benzene rings is 4. The molecule has 0 fully saturated rings. The summed E-state index contributed by atoms with van der Waals surface area (Å²) in [5, 5.41) is 15.6. The molecule has 0 unspecified atom stereocenters. The van der Waals surface area contributed by atoms with Crippen LogP contribution in [0.3, 0.4) is 0 Å². The molecule has 0 aromatic heterocycles. The first-order chi connectivity index (χ1) is 11.3. The van der Waals surface area contributed by atoms with Crippen LogP contribution in [0.25, 0.3) is 43.8 Å². The molecule has 0 heterocycles. The van der Waals surface area contributed by atoms with Crippen LogP contribution >= 0.6 is 0 Å². The summed E-state index contributed by atoms with van der Waals surface area (Å²) in [6.07, 6.45) is 0. The van der Waals surface area contributed by atoms with E-state index in [0.717, 1.165) is 38.4 Å². The molecule has 3 heteroatoms. The first kappa shape index (κ1) is 12.4. The summed E-state index contributed by atoms with van der Waals surface area (Å²) in [7, 11) is 0. The van der Waals surface area contributed by atoms with Gasteiger partial charge in [0.2, 0.25) is 0 Å². The van der Waals surface area contributed by atoms with Gasteiger partial charge < -0.3 is 0 Å². The standard InChI is InChI=1S/C20H11NO2/c22-21(23)20-17-9-4-2-7-13(17)15-11-5-10-14-12-6-1-3-8-16(12)19(20)18(14)15/h1-11H. The number of rotatable bonds is 1. The summed E-state index contributed by atoms with van der Waals surface area (Å²) in [5.41, 5.74) is 4.09. The Morgan fingerprint density at radius 3 is 2.04 bits per heavy atom. The van der Waals surface area contributed by atoms with Crippen molar-refractivity contribution in [3.05, 3.63) is 76.8 Å². The molecule has 1 aliphatic carbocycles. The SMILES string of the molecule is O=[N+]([O-])c1c2c3c(cccc3c3ccccc13)-c1ccccc1-2. The van der Waals surface area contributed by atoms with Gasteiger partial charge in [0.05, 0.1) is 15.9 Å². The Balaban J connectivity index is 2.17. The molecular formula is C20H11NO2. The van der Waals surface area contributed by atoms with E-state index in [2.05, 4.69) is 12.1 Å². The maximum atomic E-state index is 11.9. The molecule has 3 nitrogen and oxygen atoms in total. The second-order valence-corrected chi connectivity index (χ2v) is 5.80. The maximum Gasteiger partial charge on any atom is 0.285 e. The van der Waals surface area contributed by atoms with Gasteiger partial charge >= 0.3 is 0 Å². The average Bonchev–Trinajstić information content (AvgIpc) is 2.91. The third kappa shape index (κ3) is 1.44. The predicted octanol–water partition coefficient (Wildman–Crippen LogP) is 5.55. The van der Waals surface area contributed by atoms with Gasteiger partial charge in [-0.3, -0.25) is 10.1 Å².